The van der Waals surface area contributed by atoms with Crippen LogP contribution in [0.15, 0.2) is 156 Å². The fourth-order valence-corrected chi connectivity index (χ4v) is 5.40. The van der Waals surface area contributed by atoms with Crippen LogP contribution in [0, 0.1) is 0 Å². The Morgan fingerprint density at radius 1 is 0.442 bits per heavy atom. The van der Waals surface area contributed by atoms with Crippen LogP contribution in [0.4, 0.5) is 0 Å². The van der Waals surface area contributed by atoms with E-state index in [1.807, 2.05) is 84.9 Å². The molecule has 0 spiro atoms. The monoisotopic (exact) mass is 556 g/mol. The van der Waals surface area contributed by atoms with Crippen LogP contribution in [-0.2, 0) is 0 Å². The second-order valence-corrected chi connectivity index (χ2v) is 10.1. The Hall–Kier alpha value is -5.87. The van der Waals surface area contributed by atoms with E-state index in [1.54, 1.807) is 12.1 Å². The molecule has 6 aromatic carbocycles. The zero-order valence-electron chi connectivity index (χ0n) is 27.8. The lowest BCUT2D eigenvalue weighted by molar-refractivity contribution is 0.670. The zero-order valence-corrected chi connectivity index (χ0v) is 22.8. The molecular formula is C39H25N3O. The number of nitrogens with zero attached hydrogens (tertiary/aromatic N) is 3. The lowest BCUT2D eigenvalue weighted by atomic mass is 10.0. The van der Waals surface area contributed by atoms with Crippen LogP contribution in [0.2, 0.25) is 0 Å². The molecule has 202 valence electrons. The summed E-state index contributed by atoms with van der Waals surface area (Å²) in [6.45, 7) is 0. The number of rotatable bonds is 5. The summed E-state index contributed by atoms with van der Waals surface area (Å²) in [5.41, 5.74) is 6.05. The van der Waals surface area contributed by atoms with E-state index in [-0.39, 0.29) is 17.6 Å². The molecule has 0 amide bonds. The van der Waals surface area contributed by atoms with Crippen molar-refractivity contribution in [1.82, 2.24) is 15.0 Å². The standard InChI is InChI=1S/C39H25N3O/c1-4-12-26(13-5-1)27-22-24-30(25-23-27)38-40-37(29-16-8-3-9-17-29)41-39(42-38)33-20-11-21-34-35(33)32-19-10-18-31(36(32)43-34)28-14-6-2-7-15-28/h1-25H/i2D,6D,7D,14D,15D. The average molecular weight is 557 g/mol. The molecule has 0 N–H and O–H groups in total. The SMILES string of the molecule is [2H]c1c([2H])c([2H])c(-c2cccc3c2oc2cccc(-c4nc(-c5ccccc5)nc(-c5ccc(-c6ccccc6)cc5)n4)c23)c([2H])c1[2H]. The summed E-state index contributed by atoms with van der Waals surface area (Å²) in [5, 5.41) is 1.46. The highest BCUT2D eigenvalue weighted by molar-refractivity contribution is 6.14. The molecule has 2 aromatic heterocycles. The zero-order chi connectivity index (χ0) is 32.9. The minimum atomic E-state index is -0.442. The van der Waals surface area contributed by atoms with Gasteiger partial charge in [0.2, 0.25) is 0 Å². The Balaban J connectivity index is 1.34. The molecule has 0 unspecified atom stereocenters. The van der Waals surface area contributed by atoms with Crippen LogP contribution >= 0.6 is 0 Å². The highest BCUT2D eigenvalue weighted by atomic mass is 16.3. The van der Waals surface area contributed by atoms with Gasteiger partial charge in [-0.1, -0.05) is 145 Å². The Morgan fingerprint density at radius 2 is 1.00 bits per heavy atom. The fourth-order valence-electron chi connectivity index (χ4n) is 5.40. The number of hydrogen-bond donors (Lipinski definition) is 0. The molecule has 8 aromatic rings. The van der Waals surface area contributed by atoms with E-state index in [0.717, 1.165) is 27.6 Å². The molecule has 0 atom stereocenters. The molecule has 8 rings (SSSR count). The second-order valence-electron chi connectivity index (χ2n) is 10.1. The van der Waals surface area contributed by atoms with Crippen molar-refractivity contribution in [3.05, 3.63) is 152 Å². The summed E-state index contributed by atoms with van der Waals surface area (Å²) < 4.78 is 48.1. The van der Waals surface area contributed by atoms with Crippen molar-refractivity contribution in [2.75, 3.05) is 0 Å². The maximum Gasteiger partial charge on any atom is 0.164 e. The molecular weight excluding hydrogens is 526 g/mol. The van der Waals surface area contributed by atoms with Crippen molar-refractivity contribution in [3.8, 4) is 56.4 Å². The first kappa shape index (κ1) is 20.1. The van der Waals surface area contributed by atoms with Crippen molar-refractivity contribution in [2.24, 2.45) is 0 Å². The van der Waals surface area contributed by atoms with E-state index >= 15 is 0 Å². The smallest absolute Gasteiger partial charge is 0.164 e. The van der Waals surface area contributed by atoms with E-state index < -0.39 is 18.1 Å². The van der Waals surface area contributed by atoms with Crippen molar-refractivity contribution in [3.63, 3.8) is 0 Å². The van der Waals surface area contributed by atoms with Gasteiger partial charge in [0.15, 0.2) is 17.5 Å². The predicted molar refractivity (Wildman–Crippen MR) is 174 cm³/mol. The number of para-hydroxylation sites is 1. The first-order chi connectivity index (χ1) is 23.4. The van der Waals surface area contributed by atoms with Gasteiger partial charge in [0.05, 0.1) is 6.85 Å². The fraction of sp³-hybridized carbons (Fsp3) is 0. The summed E-state index contributed by atoms with van der Waals surface area (Å²) in [4.78, 5) is 14.8. The van der Waals surface area contributed by atoms with E-state index in [2.05, 4.69) is 24.3 Å². The van der Waals surface area contributed by atoms with Crippen molar-refractivity contribution >= 4 is 21.9 Å². The maximum absolute atomic E-state index is 8.59. The van der Waals surface area contributed by atoms with E-state index in [0.29, 0.717) is 45.2 Å². The Bertz CT molecular complexity index is 2470. The van der Waals surface area contributed by atoms with Gasteiger partial charge in [-0.05, 0) is 22.8 Å². The molecule has 0 aliphatic rings. The highest BCUT2D eigenvalue weighted by Crippen LogP contribution is 2.40. The molecule has 0 bridgehead atoms. The topological polar surface area (TPSA) is 51.8 Å². The number of benzene rings is 6. The number of hydrogen-bond acceptors (Lipinski definition) is 4. The second kappa shape index (κ2) is 10.5. The Kier molecular flexibility index (Phi) is 4.91. The van der Waals surface area contributed by atoms with E-state index in [4.69, 9.17) is 26.2 Å². The molecule has 0 aliphatic heterocycles. The van der Waals surface area contributed by atoms with Crippen LogP contribution < -0.4 is 0 Å². The molecule has 4 heteroatoms. The van der Waals surface area contributed by atoms with E-state index in [1.165, 1.54) is 0 Å². The van der Waals surface area contributed by atoms with E-state index in [9.17, 15) is 0 Å². The minimum absolute atomic E-state index is 0.0833. The third-order valence-electron chi connectivity index (χ3n) is 7.45. The third-order valence-corrected chi connectivity index (χ3v) is 7.45. The minimum Gasteiger partial charge on any atom is -0.455 e. The van der Waals surface area contributed by atoms with Gasteiger partial charge in [-0.3, -0.25) is 0 Å². The van der Waals surface area contributed by atoms with Crippen LogP contribution in [-0.4, -0.2) is 15.0 Å². The summed E-state index contributed by atoms with van der Waals surface area (Å²) >= 11 is 0. The van der Waals surface area contributed by atoms with Gasteiger partial charge in [0.25, 0.3) is 0 Å². The van der Waals surface area contributed by atoms with Crippen LogP contribution in [0.25, 0.3) is 78.4 Å². The van der Waals surface area contributed by atoms with Gasteiger partial charge in [0, 0.05) is 33.0 Å². The predicted octanol–water partition coefficient (Wildman–Crippen LogP) is 10.1. The molecule has 0 radical (unpaired) electrons. The Labute approximate surface area is 256 Å². The highest BCUT2D eigenvalue weighted by Gasteiger charge is 2.19. The van der Waals surface area contributed by atoms with Gasteiger partial charge in [0.1, 0.15) is 11.2 Å². The number of furan rings is 1. The molecule has 0 saturated carbocycles. The quantitative estimate of drug-likeness (QED) is 0.212. The van der Waals surface area contributed by atoms with Crippen molar-refractivity contribution in [1.29, 1.82) is 0 Å². The summed E-state index contributed by atoms with van der Waals surface area (Å²) in [6, 6.07) is 37.3. The van der Waals surface area contributed by atoms with Gasteiger partial charge in [-0.15, -0.1) is 0 Å². The van der Waals surface area contributed by atoms with Gasteiger partial charge < -0.3 is 4.42 Å². The molecule has 2 heterocycles. The van der Waals surface area contributed by atoms with Crippen LogP contribution in [0.5, 0.6) is 0 Å². The number of fused-ring (bicyclic) bond motifs is 3. The number of aromatic nitrogens is 3. The lowest BCUT2D eigenvalue weighted by Crippen LogP contribution is -2.00. The molecule has 4 nitrogen and oxygen atoms in total. The maximum atomic E-state index is 8.59. The van der Waals surface area contributed by atoms with Gasteiger partial charge >= 0.3 is 0 Å². The summed E-state index contributed by atoms with van der Waals surface area (Å²) in [7, 11) is 0. The van der Waals surface area contributed by atoms with Crippen LogP contribution in [0.3, 0.4) is 0 Å². The lowest BCUT2D eigenvalue weighted by Gasteiger charge is -2.10. The third kappa shape index (κ3) is 4.55. The average Bonchev–Trinajstić information content (AvgIpc) is 3.54. The van der Waals surface area contributed by atoms with Gasteiger partial charge in [-0.25, -0.2) is 15.0 Å². The van der Waals surface area contributed by atoms with Gasteiger partial charge in [-0.2, -0.15) is 0 Å². The normalized spacial score (nSPS) is 12.9. The molecule has 0 saturated heterocycles. The van der Waals surface area contributed by atoms with Crippen molar-refractivity contribution < 1.29 is 11.3 Å². The Morgan fingerprint density at radius 3 is 1.72 bits per heavy atom. The summed E-state index contributed by atoms with van der Waals surface area (Å²) in [6.07, 6.45) is 0. The first-order valence-electron chi connectivity index (χ1n) is 16.4. The molecule has 0 fully saturated rings. The molecule has 43 heavy (non-hydrogen) atoms. The first-order valence-corrected chi connectivity index (χ1v) is 13.9. The molecule has 0 aliphatic carbocycles. The largest absolute Gasteiger partial charge is 0.455 e. The van der Waals surface area contributed by atoms with Crippen molar-refractivity contribution in [2.45, 2.75) is 0 Å². The van der Waals surface area contributed by atoms with Crippen LogP contribution in [0.1, 0.15) is 6.85 Å². The summed E-state index contributed by atoms with van der Waals surface area (Å²) in [5.74, 6) is 1.49.